The number of aromatic nitrogens is 4. The van der Waals surface area contributed by atoms with E-state index in [1.54, 1.807) is 19.5 Å². The maximum atomic E-state index is 4.69. The van der Waals surface area contributed by atoms with E-state index in [0.717, 1.165) is 28.0 Å². The summed E-state index contributed by atoms with van der Waals surface area (Å²) in [5.41, 5.74) is 3.94. The molecule has 0 fully saturated rings. The average Bonchev–Trinajstić information content (AvgIpc) is 2.67. The van der Waals surface area contributed by atoms with Crippen molar-refractivity contribution in [1.29, 1.82) is 0 Å². The zero-order valence-electron chi connectivity index (χ0n) is 16.1. The summed E-state index contributed by atoms with van der Waals surface area (Å²) >= 11 is 0. The van der Waals surface area contributed by atoms with Crippen LogP contribution in [0.15, 0.2) is 53.8 Å². The molecule has 0 saturated carbocycles. The molecule has 1 atom stereocenters. The van der Waals surface area contributed by atoms with Crippen molar-refractivity contribution in [2.75, 3.05) is 12.4 Å². The second kappa shape index (κ2) is 8.49. The van der Waals surface area contributed by atoms with Gasteiger partial charge in [-0.1, -0.05) is 26.8 Å². The van der Waals surface area contributed by atoms with Crippen molar-refractivity contribution in [1.82, 2.24) is 20.2 Å². The van der Waals surface area contributed by atoms with Gasteiger partial charge in [0.25, 0.3) is 0 Å². The van der Waals surface area contributed by atoms with Crippen LogP contribution in [0.3, 0.4) is 0 Å². The molecule has 0 bridgehead atoms. The van der Waals surface area contributed by atoms with Crippen molar-refractivity contribution in [3.63, 3.8) is 0 Å². The highest BCUT2D eigenvalue weighted by molar-refractivity contribution is 5.77. The molecular weight excluding hydrogens is 336 g/mol. The number of nitrogens with zero attached hydrogens (tertiary/aromatic N) is 5. The molecule has 0 saturated heterocycles. The van der Waals surface area contributed by atoms with Crippen LogP contribution in [0.5, 0.6) is 0 Å². The Labute approximate surface area is 159 Å². The maximum Gasteiger partial charge on any atom is 0.154 e. The molecule has 1 N–H and O–H groups in total. The van der Waals surface area contributed by atoms with Crippen LogP contribution in [0.1, 0.15) is 43.7 Å². The minimum Gasteiger partial charge on any atom is -0.323 e. The van der Waals surface area contributed by atoms with Crippen LogP contribution >= 0.6 is 0 Å². The Bertz CT molecular complexity index is 977. The summed E-state index contributed by atoms with van der Waals surface area (Å²) in [5.74, 6) is 2.03. The van der Waals surface area contributed by atoms with Crippen molar-refractivity contribution < 1.29 is 0 Å². The first-order valence-electron chi connectivity index (χ1n) is 9.02. The Morgan fingerprint density at radius 3 is 2.63 bits per heavy atom. The second-order valence-electron chi connectivity index (χ2n) is 6.74. The highest BCUT2D eigenvalue weighted by Crippen LogP contribution is 2.22. The van der Waals surface area contributed by atoms with Gasteiger partial charge >= 0.3 is 0 Å². The quantitative estimate of drug-likeness (QED) is 0.648. The van der Waals surface area contributed by atoms with Gasteiger partial charge in [-0.2, -0.15) is 5.10 Å². The highest BCUT2D eigenvalue weighted by atomic mass is 15.2. The van der Waals surface area contributed by atoms with Crippen LogP contribution in [0.4, 0.5) is 11.6 Å². The van der Waals surface area contributed by atoms with Gasteiger partial charge in [0, 0.05) is 25.4 Å². The lowest BCUT2D eigenvalue weighted by molar-refractivity contribution is 0.843. The predicted octanol–water partition coefficient (Wildman–Crippen LogP) is 4.65. The van der Waals surface area contributed by atoms with Gasteiger partial charge < -0.3 is 5.32 Å². The second-order valence-corrected chi connectivity index (χ2v) is 6.74. The minimum absolute atomic E-state index is 0.229. The monoisotopic (exact) mass is 360 g/mol. The molecule has 6 nitrogen and oxygen atoms in total. The first kappa shape index (κ1) is 18.6. The topological polar surface area (TPSA) is 76.0 Å². The maximum absolute atomic E-state index is 4.69. The largest absolute Gasteiger partial charge is 0.323 e. The van der Waals surface area contributed by atoms with Gasteiger partial charge in [-0.25, -0.2) is 4.98 Å². The van der Waals surface area contributed by atoms with Crippen LogP contribution < -0.4 is 5.32 Å². The van der Waals surface area contributed by atoms with Gasteiger partial charge in [0.1, 0.15) is 5.82 Å². The van der Waals surface area contributed by atoms with Gasteiger partial charge in [-0.15, -0.1) is 5.10 Å². The minimum atomic E-state index is 0.229. The number of rotatable bonds is 6. The Kier molecular flexibility index (Phi) is 5.86. The van der Waals surface area contributed by atoms with Crippen molar-refractivity contribution in [3.8, 4) is 0 Å². The summed E-state index contributed by atoms with van der Waals surface area (Å²) in [7, 11) is 1.76. The fourth-order valence-corrected chi connectivity index (χ4v) is 2.64. The first-order valence-corrected chi connectivity index (χ1v) is 9.02. The molecule has 0 spiro atoms. The molecule has 138 valence electrons. The van der Waals surface area contributed by atoms with Gasteiger partial charge in [-0.05, 0) is 47.4 Å². The van der Waals surface area contributed by atoms with Gasteiger partial charge in [0.05, 0.1) is 17.2 Å². The summed E-state index contributed by atoms with van der Waals surface area (Å²) in [6.45, 7) is 6.38. The molecule has 3 rings (SSSR count). The SMILES string of the molecule is CN=C/C=C\C(C)c1cnc2ccc(Nc3cc(C(C)C)cnn3)nc2c1. The molecule has 0 radical (unpaired) electrons. The van der Waals surface area contributed by atoms with E-state index < -0.39 is 0 Å². The molecule has 3 heterocycles. The molecule has 1 unspecified atom stereocenters. The lowest BCUT2D eigenvalue weighted by atomic mass is 10.0. The molecule has 0 aromatic carbocycles. The summed E-state index contributed by atoms with van der Waals surface area (Å²) in [6.07, 6.45) is 9.49. The van der Waals surface area contributed by atoms with Crippen LogP contribution in [0.25, 0.3) is 11.0 Å². The first-order chi connectivity index (χ1) is 13.1. The molecule has 27 heavy (non-hydrogen) atoms. The van der Waals surface area contributed by atoms with E-state index in [1.807, 2.05) is 30.5 Å². The smallest absolute Gasteiger partial charge is 0.154 e. The van der Waals surface area contributed by atoms with Crippen LogP contribution in [-0.2, 0) is 0 Å². The molecule has 0 aliphatic heterocycles. The molecular formula is C21H24N6. The molecule has 0 aliphatic carbocycles. The highest BCUT2D eigenvalue weighted by Gasteiger charge is 2.07. The van der Waals surface area contributed by atoms with Crippen LogP contribution in [0.2, 0.25) is 0 Å². The van der Waals surface area contributed by atoms with E-state index in [0.29, 0.717) is 11.7 Å². The Balaban J connectivity index is 1.86. The van der Waals surface area contributed by atoms with E-state index in [4.69, 9.17) is 4.98 Å². The predicted molar refractivity (Wildman–Crippen MR) is 111 cm³/mol. The zero-order chi connectivity index (χ0) is 19.2. The number of hydrogen-bond donors (Lipinski definition) is 1. The number of aliphatic imine (C=N–C) groups is 1. The van der Waals surface area contributed by atoms with E-state index in [-0.39, 0.29) is 5.92 Å². The van der Waals surface area contributed by atoms with Crippen molar-refractivity contribution in [3.05, 3.63) is 59.9 Å². The normalized spacial score (nSPS) is 13.1. The number of allylic oxidation sites excluding steroid dienone is 2. The summed E-state index contributed by atoms with van der Waals surface area (Å²) in [6, 6.07) is 7.93. The molecule has 3 aromatic rings. The third-order valence-corrected chi connectivity index (χ3v) is 4.32. The van der Waals surface area contributed by atoms with E-state index >= 15 is 0 Å². The van der Waals surface area contributed by atoms with Crippen LogP contribution in [-0.4, -0.2) is 33.4 Å². The summed E-state index contributed by atoms with van der Waals surface area (Å²) in [5, 5.41) is 11.5. The Morgan fingerprint density at radius 1 is 1.00 bits per heavy atom. The van der Waals surface area contributed by atoms with E-state index in [9.17, 15) is 0 Å². The lowest BCUT2D eigenvalue weighted by Crippen LogP contribution is -2.00. The van der Waals surface area contributed by atoms with Crippen molar-refractivity contribution in [2.24, 2.45) is 4.99 Å². The molecule has 0 amide bonds. The standard InChI is InChI=1S/C21H24N6/c1-14(2)16-11-21(27-24-13-16)26-20-8-7-18-19(25-20)10-17(12-23-18)15(3)6-5-9-22-4/h5-15H,1-4H3,(H,25,26,27)/b6-5-,22-9?. The Hall–Kier alpha value is -3.15. The summed E-state index contributed by atoms with van der Waals surface area (Å²) < 4.78 is 0. The van der Waals surface area contributed by atoms with Gasteiger partial charge in [0.2, 0.25) is 0 Å². The number of fused-ring (bicyclic) bond motifs is 1. The lowest BCUT2D eigenvalue weighted by Gasteiger charge is -2.10. The van der Waals surface area contributed by atoms with E-state index in [1.165, 1.54) is 0 Å². The molecule has 3 aromatic heterocycles. The van der Waals surface area contributed by atoms with Crippen molar-refractivity contribution in [2.45, 2.75) is 32.6 Å². The molecule has 0 aliphatic rings. The fourth-order valence-electron chi connectivity index (χ4n) is 2.64. The van der Waals surface area contributed by atoms with Gasteiger partial charge in [0.15, 0.2) is 5.82 Å². The van der Waals surface area contributed by atoms with E-state index in [2.05, 4.69) is 58.4 Å². The number of hydrogen-bond acceptors (Lipinski definition) is 6. The number of anilines is 2. The summed E-state index contributed by atoms with van der Waals surface area (Å²) in [4.78, 5) is 13.2. The van der Waals surface area contributed by atoms with Crippen molar-refractivity contribution >= 4 is 28.9 Å². The average molecular weight is 360 g/mol. The zero-order valence-corrected chi connectivity index (χ0v) is 16.1. The fraction of sp³-hybridized carbons (Fsp3) is 0.286. The number of pyridine rings is 2. The van der Waals surface area contributed by atoms with Crippen LogP contribution in [0, 0.1) is 0 Å². The Morgan fingerprint density at radius 2 is 1.85 bits per heavy atom. The third-order valence-electron chi connectivity index (χ3n) is 4.32. The molecule has 6 heteroatoms. The number of nitrogens with one attached hydrogen (secondary N) is 1. The third kappa shape index (κ3) is 4.73. The van der Waals surface area contributed by atoms with Gasteiger partial charge in [-0.3, -0.25) is 9.98 Å².